The van der Waals surface area contributed by atoms with Crippen LogP contribution in [0.1, 0.15) is 5.82 Å². The van der Waals surface area contributed by atoms with Crippen molar-refractivity contribution in [3.63, 3.8) is 0 Å². The standard InChI is InChI=1S/C9H8N6S/c10-8-6-1-2-16-9(6)14-7(13-8)3-15-5-11-4-12-15/h1-2,4-5H,3H2,(H2,10,13,14). The molecule has 7 heteroatoms. The average Bonchev–Trinajstić information content (AvgIpc) is 2.87. The van der Waals surface area contributed by atoms with Gasteiger partial charge < -0.3 is 5.73 Å². The van der Waals surface area contributed by atoms with Crippen LogP contribution in [0, 0.1) is 0 Å². The van der Waals surface area contributed by atoms with E-state index < -0.39 is 0 Å². The summed E-state index contributed by atoms with van der Waals surface area (Å²) in [6.07, 6.45) is 3.10. The summed E-state index contributed by atoms with van der Waals surface area (Å²) < 4.78 is 1.66. The maximum atomic E-state index is 5.84. The van der Waals surface area contributed by atoms with E-state index in [2.05, 4.69) is 20.1 Å². The highest BCUT2D eigenvalue weighted by molar-refractivity contribution is 7.16. The Morgan fingerprint density at radius 2 is 2.31 bits per heavy atom. The smallest absolute Gasteiger partial charge is 0.153 e. The molecule has 0 saturated carbocycles. The van der Waals surface area contributed by atoms with E-state index in [1.165, 1.54) is 6.33 Å². The lowest BCUT2D eigenvalue weighted by Gasteiger charge is -2.01. The van der Waals surface area contributed by atoms with E-state index in [1.54, 1.807) is 22.3 Å². The van der Waals surface area contributed by atoms with Gasteiger partial charge >= 0.3 is 0 Å². The molecule has 0 aliphatic rings. The van der Waals surface area contributed by atoms with E-state index >= 15 is 0 Å². The quantitative estimate of drug-likeness (QED) is 0.710. The molecule has 0 radical (unpaired) electrons. The van der Waals surface area contributed by atoms with Gasteiger partial charge in [0.15, 0.2) is 5.82 Å². The lowest BCUT2D eigenvalue weighted by molar-refractivity contribution is 0.657. The van der Waals surface area contributed by atoms with E-state index in [1.807, 2.05) is 11.4 Å². The van der Waals surface area contributed by atoms with Crippen LogP contribution < -0.4 is 5.73 Å². The fraction of sp³-hybridized carbons (Fsp3) is 0.111. The molecule has 0 unspecified atom stereocenters. The van der Waals surface area contributed by atoms with Gasteiger partial charge in [-0.25, -0.2) is 19.6 Å². The van der Waals surface area contributed by atoms with Crippen molar-refractivity contribution in [1.82, 2.24) is 24.7 Å². The van der Waals surface area contributed by atoms with E-state index in [0.29, 0.717) is 18.2 Å². The Morgan fingerprint density at radius 1 is 1.38 bits per heavy atom. The Hall–Kier alpha value is -2.02. The van der Waals surface area contributed by atoms with Crippen LogP contribution in [0.15, 0.2) is 24.1 Å². The van der Waals surface area contributed by atoms with E-state index in [9.17, 15) is 0 Å². The molecule has 0 fully saturated rings. The third-order valence-electron chi connectivity index (χ3n) is 2.17. The van der Waals surface area contributed by atoms with Gasteiger partial charge in [-0.2, -0.15) is 5.10 Å². The number of nitrogens with two attached hydrogens (primary N) is 1. The van der Waals surface area contributed by atoms with E-state index in [-0.39, 0.29) is 0 Å². The fourth-order valence-corrected chi connectivity index (χ4v) is 2.24. The molecule has 2 N–H and O–H groups in total. The molecule has 3 aromatic heterocycles. The van der Waals surface area contributed by atoms with Crippen molar-refractivity contribution in [1.29, 1.82) is 0 Å². The maximum Gasteiger partial charge on any atom is 0.153 e. The van der Waals surface area contributed by atoms with Gasteiger partial charge in [-0.05, 0) is 11.4 Å². The van der Waals surface area contributed by atoms with Crippen molar-refractivity contribution in [2.24, 2.45) is 0 Å². The molecule has 3 heterocycles. The van der Waals surface area contributed by atoms with Gasteiger partial charge in [-0.15, -0.1) is 11.3 Å². The maximum absolute atomic E-state index is 5.84. The topological polar surface area (TPSA) is 82.5 Å². The van der Waals surface area contributed by atoms with Gasteiger partial charge in [0.2, 0.25) is 0 Å². The van der Waals surface area contributed by atoms with Gasteiger partial charge in [0.1, 0.15) is 29.8 Å². The molecular weight excluding hydrogens is 224 g/mol. The summed E-state index contributed by atoms with van der Waals surface area (Å²) in [5, 5.41) is 6.86. The summed E-state index contributed by atoms with van der Waals surface area (Å²) in [5.41, 5.74) is 5.84. The number of hydrogen-bond acceptors (Lipinski definition) is 6. The Balaban J connectivity index is 2.04. The minimum absolute atomic E-state index is 0.484. The highest BCUT2D eigenvalue weighted by Gasteiger charge is 2.06. The number of nitrogens with zero attached hydrogens (tertiary/aromatic N) is 5. The highest BCUT2D eigenvalue weighted by atomic mass is 32.1. The zero-order valence-electron chi connectivity index (χ0n) is 8.24. The Morgan fingerprint density at radius 3 is 3.12 bits per heavy atom. The van der Waals surface area contributed by atoms with Gasteiger partial charge in [-0.3, -0.25) is 0 Å². The number of nitrogen functional groups attached to an aromatic ring is 1. The predicted octanol–water partition coefficient (Wildman–Crippen LogP) is 0.913. The van der Waals surface area contributed by atoms with Crippen LogP contribution in [0.25, 0.3) is 10.2 Å². The fourth-order valence-electron chi connectivity index (χ4n) is 1.45. The predicted molar refractivity (Wildman–Crippen MR) is 61.0 cm³/mol. The van der Waals surface area contributed by atoms with E-state index in [0.717, 1.165) is 10.2 Å². The van der Waals surface area contributed by atoms with Crippen LogP contribution in [0.5, 0.6) is 0 Å². The molecule has 3 aromatic rings. The summed E-state index contributed by atoms with van der Waals surface area (Å²) in [4.78, 5) is 13.4. The van der Waals surface area contributed by atoms with Gasteiger partial charge in [-0.1, -0.05) is 0 Å². The molecule has 80 valence electrons. The molecule has 0 aromatic carbocycles. The largest absolute Gasteiger partial charge is 0.383 e. The van der Waals surface area contributed by atoms with Crippen molar-refractivity contribution in [3.8, 4) is 0 Å². The van der Waals surface area contributed by atoms with Crippen LogP contribution >= 0.6 is 11.3 Å². The molecular formula is C9H8N6S. The highest BCUT2D eigenvalue weighted by Crippen LogP contribution is 2.22. The summed E-state index contributed by atoms with van der Waals surface area (Å²) in [6.45, 7) is 0.484. The number of aromatic nitrogens is 5. The first-order chi connectivity index (χ1) is 7.83. The molecule has 0 aliphatic carbocycles. The second-order valence-corrected chi connectivity index (χ2v) is 4.15. The Bertz CT molecular complexity index is 614. The zero-order chi connectivity index (χ0) is 11.0. The molecule has 3 rings (SSSR count). The Kier molecular flexibility index (Phi) is 2.03. The average molecular weight is 232 g/mol. The van der Waals surface area contributed by atoms with E-state index in [4.69, 9.17) is 5.73 Å². The number of rotatable bonds is 2. The SMILES string of the molecule is Nc1nc(Cn2cncn2)nc2sccc12. The van der Waals surface area contributed by atoms with Crippen LogP contribution in [0.4, 0.5) is 5.82 Å². The first-order valence-electron chi connectivity index (χ1n) is 4.65. The lowest BCUT2D eigenvalue weighted by atomic mass is 10.4. The third kappa shape index (κ3) is 1.50. The first kappa shape index (κ1) is 9.22. The molecule has 6 nitrogen and oxygen atoms in total. The van der Waals surface area contributed by atoms with Crippen molar-refractivity contribution in [2.45, 2.75) is 6.54 Å². The van der Waals surface area contributed by atoms with Crippen molar-refractivity contribution in [2.75, 3.05) is 5.73 Å². The van der Waals surface area contributed by atoms with Crippen molar-refractivity contribution >= 4 is 27.4 Å². The van der Waals surface area contributed by atoms with Gasteiger partial charge in [0.05, 0.1) is 5.39 Å². The summed E-state index contributed by atoms with van der Waals surface area (Å²) in [6, 6.07) is 1.93. The molecule has 16 heavy (non-hydrogen) atoms. The molecule has 0 saturated heterocycles. The van der Waals surface area contributed by atoms with Crippen molar-refractivity contribution < 1.29 is 0 Å². The minimum atomic E-state index is 0.484. The summed E-state index contributed by atoms with van der Waals surface area (Å²) in [7, 11) is 0. The number of hydrogen-bond donors (Lipinski definition) is 1. The molecule has 0 aliphatic heterocycles. The van der Waals surface area contributed by atoms with Crippen LogP contribution in [-0.2, 0) is 6.54 Å². The van der Waals surface area contributed by atoms with Crippen LogP contribution in [0.3, 0.4) is 0 Å². The van der Waals surface area contributed by atoms with Crippen molar-refractivity contribution in [3.05, 3.63) is 29.9 Å². The second kappa shape index (κ2) is 3.53. The lowest BCUT2D eigenvalue weighted by Crippen LogP contribution is -2.06. The number of anilines is 1. The summed E-state index contributed by atoms with van der Waals surface area (Å²) >= 11 is 1.55. The van der Waals surface area contributed by atoms with Crippen LogP contribution in [0.2, 0.25) is 0 Å². The van der Waals surface area contributed by atoms with Gasteiger partial charge in [0, 0.05) is 0 Å². The monoisotopic (exact) mass is 232 g/mol. The van der Waals surface area contributed by atoms with Gasteiger partial charge in [0.25, 0.3) is 0 Å². The Labute approximate surface area is 94.8 Å². The van der Waals surface area contributed by atoms with Crippen LogP contribution in [-0.4, -0.2) is 24.7 Å². The molecule has 0 amide bonds. The minimum Gasteiger partial charge on any atom is -0.383 e. The third-order valence-corrected chi connectivity index (χ3v) is 2.98. The summed E-state index contributed by atoms with van der Waals surface area (Å²) in [5.74, 6) is 1.17. The molecule has 0 spiro atoms. The normalized spacial score (nSPS) is 11.0. The number of thiophene rings is 1. The number of fused-ring (bicyclic) bond motifs is 1. The zero-order valence-corrected chi connectivity index (χ0v) is 9.05. The first-order valence-corrected chi connectivity index (χ1v) is 5.53. The molecule has 0 atom stereocenters. The second-order valence-electron chi connectivity index (χ2n) is 3.26. The molecule has 0 bridgehead atoms.